The molecule has 0 saturated heterocycles. The molecule has 6 nitrogen and oxygen atoms in total. The van der Waals surface area contributed by atoms with E-state index >= 15 is 0 Å². The number of ether oxygens (including phenoxy) is 1. The number of alkyl halides is 3. The maximum atomic E-state index is 13.5. The van der Waals surface area contributed by atoms with Gasteiger partial charge >= 0.3 is 12.3 Å². The van der Waals surface area contributed by atoms with Crippen LogP contribution in [0.4, 0.5) is 23.7 Å². The van der Waals surface area contributed by atoms with E-state index in [0.717, 1.165) is 6.20 Å². The summed E-state index contributed by atoms with van der Waals surface area (Å²) in [7, 11) is 0. The molecule has 0 unspecified atom stereocenters. The molecule has 1 amide bonds. The number of carbonyl (C=O) groups excluding carboxylic acids is 1. The predicted molar refractivity (Wildman–Crippen MR) is 92.5 cm³/mol. The van der Waals surface area contributed by atoms with Crippen LogP contribution in [-0.4, -0.2) is 20.9 Å². The second kappa shape index (κ2) is 7.45. The summed E-state index contributed by atoms with van der Waals surface area (Å²) in [6.45, 7) is 0. The fourth-order valence-corrected chi connectivity index (χ4v) is 2.45. The summed E-state index contributed by atoms with van der Waals surface area (Å²) in [5, 5.41) is 6.20. The summed E-state index contributed by atoms with van der Waals surface area (Å²) in [4.78, 5) is 15.7. The lowest BCUT2D eigenvalue weighted by molar-refractivity contribution is -0.143. The molecule has 0 bridgehead atoms. The molecule has 2 heterocycles. The van der Waals surface area contributed by atoms with Crippen molar-refractivity contribution < 1.29 is 22.7 Å². The summed E-state index contributed by atoms with van der Waals surface area (Å²) in [6, 6.07) is 8.43. The minimum absolute atomic E-state index is 0.0395. The number of halogens is 5. The first-order valence-electron chi connectivity index (χ1n) is 7.26. The van der Waals surface area contributed by atoms with Crippen molar-refractivity contribution >= 4 is 35.0 Å². The Balaban J connectivity index is 1.90. The predicted octanol–water partition coefficient (Wildman–Crippen LogP) is 5.20. The molecule has 0 radical (unpaired) electrons. The monoisotopic (exact) mass is 416 g/mol. The molecule has 0 fully saturated rings. The number of aromatic nitrogens is 3. The van der Waals surface area contributed by atoms with Crippen LogP contribution in [0.2, 0.25) is 10.2 Å². The van der Waals surface area contributed by atoms with Crippen molar-refractivity contribution in [2.45, 2.75) is 6.18 Å². The van der Waals surface area contributed by atoms with Crippen LogP contribution in [0, 0.1) is 0 Å². The summed E-state index contributed by atoms with van der Waals surface area (Å²) in [5.74, 6) is -0.769. The Hall–Kier alpha value is -2.78. The van der Waals surface area contributed by atoms with Gasteiger partial charge < -0.3 is 4.74 Å². The van der Waals surface area contributed by atoms with Gasteiger partial charge in [0.25, 0.3) is 0 Å². The lowest BCUT2D eigenvalue weighted by Gasteiger charge is -2.13. The van der Waals surface area contributed by atoms with Crippen molar-refractivity contribution in [1.82, 2.24) is 14.8 Å². The zero-order valence-corrected chi connectivity index (χ0v) is 14.7. The molecule has 0 saturated carbocycles. The number of pyridine rings is 1. The zero-order valence-electron chi connectivity index (χ0n) is 13.2. The van der Waals surface area contributed by atoms with E-state index in [9.17, 15) is 18.0 Å². The van der Waals surface area contributed by atoms with E-state index in [-0.39, 0.29) is 16.5 Å². The third-order valence-corrected chi connectivity index (χ3v) is 3.83. The molecule has 3 aromatic rings. The van der Waals surface area contributed by atoms with Crippen LogP contribution in [0.3, 0.4) is 0 Å². The average molecular weight is 417 g/mol. The van der Waals surface area contributed by atoms with Crippen LogP contribution in [0.25, 0.3) is 5.69 Å². The van der Waals surface area contributed by atoms with Gasteiger partial charge in [0, 0.05) is 11.2 Å². The maximum Gasteiger partial charge on any atom is 0.437 e. The third kappa shape index (κ3) is 4.32. The Morgan fingerprint density at radius 1 is 1.15 bits per heavy atom. The molecule has 11 heteroatoms. The Morgan fingerprint density at radius 2 is 1.85 bits per heavy atom. The molecule has 0 aliphatic carbocycles. The molecular formula is C16H9Cl2F3N4O2. The number of anilines is 1. The highest BCUT2D eigenvalue weighted by Crippen LogP contribution is 2.38. The molecule has 27 heavy (non-hydrogen) atoms. The first-order chi connectivity index (χ1) is 12.8. The van der Waals surface area contributed by atoms with Gasteiger partial charge in [-0.25, -0.2) is 14.5 Å². The SMILES string of the molecule is O=C(Nc1cccnc1Cl)Oc1cnn(-c2ccc(Cl)cc2)c1C(F)(F)F. The number of rotatable bonds is 3. The summed E-state index contributed by atoms with van der Waals surface area (Å²) in [6.07, 6.45) is -3.83. The van der Waals surface area contributed by atoms with Crippen molar-refractivity contribution in [3.63, 3.8) is 0 Å². The van der Waals surface area contributed by atoms with Gasteiger partial charge in [-0.3, -0.25) is 5.32 Å². The number of nitrogens with zero attached hydrogens (tertiary/aromatic N) is 3. The molecular weight excluding hydrogens is 408 g/mol. The number of amides is 1. The van der Waals surface area contributed by atoms with E-state index in [1.165, 1.54) is 42.6 Å². The van der Waals surface area contributed by atoms with Crippen LogP contribution in [-0.2, 0) is 6.18 Å². The van der Waals surface area contributed by atoms with Gasteiger partial charge in [-0.05, 0) is 36.4 Å². The van der Waals surface area contributed by atoms with E-state index < -0.39 is 23.7 Å². The molecule has 2 aromatic heterocycles. The normalized spacial score (nSPS) is 11.3. The average Bonchev–Trinajstić information content (AvgIpc) is 3.01. The number of nitrogens with one attached hydrogen (secondary N) is 1. The molecule has 0 spiro atoms. The van der Waals surface area contributed by atoms with Crippen molar-refractivity contribution in [3.8, 4) is 11.4 Å². The minimum Gasteiger partial charge on any atom is -0.406 e. The smallest absolute Gasteiger partial charge is 0.406 e. The van der Waals surface area contributed by atoms with Gasteiger partial charge in [0.2, 0.25) is 0 Å². The van der Waals surface area contributed by atoms with Crippen LogP contribution in [0.5, 0.6) is 5.75 Å². The van der Waals surface area contributed by atoms with Gasteiger partial charge in [-0.2, -0.15) is 18.3 Å². The standard InChI is InChI=1S/C16H9Cl2F3N4O2/c17-9-3-5-10(6-4-9)25-13(16(19,20)21)12(8-23-25)27-15(26)24-11-2-1-7-22-14(11)18/h1-8H,(H,24,26). The van der Waals surface area contributed by atoms with Gasteiger partial charge in [0.15, 0.2) is 16.6 Å². The number of hydrogen-bond donors (Lipinski definition) is 1. The number of hydrogen-bond acceptors (Lipinski definition) is 4. The van der Waals surface area contributed by atoms with Crippen molar-refractivity contribution in [2.24, 2.45) is 0 Å². The fourth-order valence-electron chi connectivity index (χ4n) is 2.16. The molecule has 1 N–H and O–H groups in total. The van der Waals surface area contributed by atoms with Gasteiger partial charge in [-0.15, -0.1) is 0 Å². The summed E-state index contributed by atoms with van der Waals surface area (Å²) >= 11 is 11.5. The minimum atomic E-state index is -4.84. The van der Waals surface area contributed by atoms with Gasteiger partial charge in [0.05, 0.1) is 17.6 Å². The number of carbonyl (C=O) groups is 1. The largest absolute Gasteiger partial charge is 0.437 e. The topological polar surface area (TPSA) is 69.0 Å². The first-order valence-corrected chi connectivity index (χ1v) is 8.02. The first kappa shape index (κ1) is 19.0. The molecule has 0 atom stereocenters. The van der Waals surface area contributed by atoms with E-state index in [1.54, 1.807) is 0 Å². The molecule has 0 aliphatic heterocycles. The van der Waals surface area contributed by atoms with Crippen LogP contribution in [0.15, 0.2) is 48.8 Å². The summed E-state index contributed by atoms with van der Waals surface area (Å²) < 4.78 is 46.0. The Kier molecular flexibility index (Phi) is 5.24. The van der Waals surface area contributed by atoms with Crippen LogP contribution < -0.4 is 10.1 Å². The van der Waals surface area contributed by atoms with Crippen molar-refractivity contribution in [3.05, 3.63) is 64.7 Å². The van der Waals surface area contributed by atoms with Gasteiger partial charge in [0.1, 0.15) is 0 Å². The molecule has 1 aromatic carbocycles. The Labute approximate surface area is 160 Å². The lowest BCUT2D eigenvalue weighted by Crippen LogP contribution is -2.20. The highest BCUT2D eigenvalue weighted by atomic mass is 35.5. The van der Waals surface area contributed by atoms with Crippen LogP contribution >= 0.6 is 23.2 Å². The zero-order chi connectivity index (χ0) is 19.6. The Morgan fingerprint density at radius 3 is 2.48 bits per heavy atom. The summed E-state index contributed by atoms with van der Waals surface area (Å²) in [5.41, 5.74) is -1.07. The maximum absolute atomic E-state index is 13.5. The fraction of sp³-hybridized carbons (Fsp3) is 0.0625. The van der Waals surface area contributed by atoms with Crippen molar-refractivity contribution in [2.75, 3.05) is 5.32 Å². The lowest BCUT2D eigenvalue weighted by atomic mass is 10.3. The van der Waals surface area contributed by atoms with E-state index in [4.69, 9.17) is 27.9 Å². The molecule has 0 aliphatic rings. The van der Waals surface area contributed by atoms with Crippen LogP contribution in [0.1, 0.15) is 5.69 Å². The second-order valence-electron chi connectivity index (χ2n) is 5.10. The Bertz CT molecular complexity index is 975. The van der Waals surface area contributed by atoms with E-state index in [2.05, 4.69) is 15.4 Å². The third-order valence-electron chi connectivity index (χ3n) is 3.27. The van der Waals surface area contributed by atoms with Crippen molar-refractivity contribution in [1.29, 1.82) is 0 Å². The van der Waals surface area contributed by atoms with Gasteiger partial charge in [-0.1, -0.05) is 23.2 Å². The second-order valence-corrected chi connectivity index (χ2v) is 5.89. The molecule has 3 rings (SSSR count). The molecule has 140 valence electrons. The highest BCUT2D eigenvalue weighted by Gasteiger charge is 2.40. The van der Waals surface area contributed by atoms with E-state index in [0.29, 0.717) is 9.70 Å². The number of benzene rings is 1. The quantitative estimate of drug-likeness (QED) is 0.595. The van der Waals surface area contributed by atoms with E-state index in [1.807, 2.05) is 0 Å². The highest BCUT2D eigenvalue weighted by molar-refractivity contribution is 6.32.